The molecule has 1 aliphatic heterocycles. The van der Waals surface area contributed by atoms with Gasteiger partial charge in [-0.15, -0.1) is 0 Å². The van der Waals surface area contributed by atoms with Crippen molar-refractivity contribution < 1.29 is 9.53 Å². The summed E-state index contributed by atoms with van der Waals surface area (Å²) >= 11 is 0. The predicted octanol–water partition coefficient (Wildman–Crippen LogP) is 4.16. The molecular formula is C17H16O2. The lowest BCUT2D eigenvalue weighted by atomic mass is 9.88. The number of cyclic esters (lactones) is 1. The normalized spacial score (nSPS) is 21.6. The van der Waals surface area contributed by atoms with Gasteiger partial charge in [-0.25, -0.2) is 0 Å². The summed E-state index contributed by atoms with van der Waals surface area (Å²) < 4.78 is 5.37. The molecule has 0 saturated carbocycles. The second-order valence-electron chi connectivity index (χ2n) is 4.84. The molecule has 1 fully saturated rings. The van der Waals surface area contributed by atoms with Crippen molar-refractivity contribution in [3.8, 4) is 0 Å². The predicted molar refractivity (Wildman–Crippen MR) is 75.8 cm³/mol. The van der Waals surface area contributed by atoms with E-state index in [2.05, 4.69) is 18.2 Å². The molecule has 1 atom stereocenters. The van der Waals surface area contributed by atoms with Gasteiger partial charge < -0.3 is 4.74 Å². The second-order valence-corrected chi connectivity index (χ2v) is 4.84. The molecule has 0 aliphatic carbocycles. The van der Waals surface area contributed by atoms with Crippen molar-refractivity contribution in [3.63, 3.8) is 0 Å². The monoisotopic (exact) mass is 252 g/mol. The van der Waals surface area contributed by atoms with Gasteiger partial charge in [0.05, 0.1) is 5.92 Å². The molecule has 96 valence electrons. The molecule has 2 nitrogen and oxygen atoms in total. The second kappa shape index (κ2) is 4.88. The van der Waals surface area contributed by atoms with E-state index < -0.39 is 0 Å². The summed E-state index contributed by atoms with van der Waals surface area (Å²) in [5.41, 5.74) is 1.08. The van der Waals surface area contributed by atoms with Crippen molar-refractivity contribution >= 4 is 16.7 Å². The molecule has 2 heteroatoms. The Kier molecular flexibility index (Phi) is 3.08. The van der Waals surface area contributed by atoms with Crippen molar-refractivity contribution in [1.29, 1.82) is 0 Å². The van der Waals surface area contributed by atoms with Crippen LogP contribution in [0.1, 0.15) is 31.2 Å². The third kappa shape index (κ3) is 2.14. The van der Waals surface area contributed by atoms with Crippen LogP contribution in [0.5, 0.6) is 0 Å². The van der Waals surface area contributed by atoms with E-state index in [1.54, 1.807) is 0 Å². The summed E-state index contributed by atoms with van der Waals surface area (Å²) in [6.07, 6.45) is 3.53. The van der Waals surface area contributed by atoms with Crippen LogP contribution < -0.4 is 0 Å². The maximum Gasteiger partial charge on any atom is 0.318 e. The lowest BCUT2D eigenvalue weighted by Gasteiger charge is -2.24. The minimum Gasteiger partial charge on any atom is -0.431 e. The number of benzene rings is 2. The van der Waals surface area contributed by atoms with Gasteiger partial charge in [0, 0.05) is 6.42 Å². The quantitative estimate of drug-likeness (QED) is 0.712. The Hall–Kier alpha value is -2.09. The summed E-state index contributed by atoms with van der Waals surface area (Å²) in [7, 11) is 0. The Labute approximate surface area is 112 Å². The van der Waals surface area contributed by atoms with Gasteiger partial charge in [0.15, 0.2) is 0 Å². The summed E-state index contributed by atoms with van der Waals surface area (Å²) in [6, 6.07) is 14.3. The molecule has 0 radical (unpaired) electrons. The Bertz CT molecular complexity index is 650. The summed E-state index contributed by atoms with van der Waals surface area (Å²) in [6.45, 7) is 1.90. The summed E-state index contributed by atoms with van der Waals surface area (Å²) in [4.78, 5) is 12.1. The number of rotatable bonds is 1. The Balaban J connectivity index is 2.03. The lowest BCUT2D eigenvalue weighted by molar-refractivity contribution is -0.143. The van der Waals surface area contributed by atoms with Crippen LogP contribution in [-0.4, -0.2) is 5.97 Å². The number of ether oxygens (including phenoxy) is 1. The Morgan fingerprint density at radius 2 is 1.95 bits per heavy atom. The molecule has 0 N–H and O–H groups in total. The molecule has 0 amide bonds. The van der Waals surface area contributed by atoms with E-state index in [1.165, 1.54) is 5.39 Å². The van der Waals surface area contributed by atoms with E-state index in [1.807, 2.05) is 37.3 Å². The van der Waals surface area contributed by atoms with Gasteiger partial charge in [-0.05, 0) is 35.8 Å². The minimum atomic E-state index is -0.144. The van der Waals surface area contributed by atoms with Crippen LogP contribution in [0, 0.1) is 0 Å². The van der Waals surface area contributed by atoms with Crippen LogP contribution in [-0.2, 0) is 9.53 Å². The highest BCUT2D eigenvalue weighted by Crippen LogP contribution is 2.34. The van der Waals surface area contributed by atoms with Gasteiger partial charge in [-0.2, -0.15) is 0 Å². The van der Waals surface area contributed by atoms with Gasteiger partial charge in [-0.1, -0.05) is 42.5 Å². The van der Waals surface area contributed by atoms with E-state index >= 15 is 0 Å². The van der Waals surface area contributed by atoms with Crippen molar-refractivity contribution in [2.45, 2.75) is 25.7 Å². The molecule has 2 aromatic rings. The number of esters is 1. The van der Waals surface area contributed by atoms with E-state index in [9.17, 15) is 4.79 Å². The minimum absolute atomic E-state index is 0.129. The molecule has 19 heavy (non-hydrogen) atoms. The first-order valence-electron chi connectivity index (χ1n) is 6.64. The third-order valence-corrected chi connectivity index (χ3v) is 3.72. The first-order chi connectivity index (χ1) is 9.29. The molecule has 0 bridgehead atoms. The first kappa shape index (κ1) is 12.0. The highest BCUT2D eigenvalue weighted by Gasteiger charge is 2.29. The third-order valence-electron chi connectivity index (χ3n) is 3.72. The highest BCUT2D eigenvalue weighted by atomic mass is 16.5. The Morgan fingerprint density at radius 3 is 2.74 bits per heavy atom. The zero-order valence-electron chi connectivity index (χ0n) is 10.9. The fourth-order valence-electron chi connectivity index (χ4n) is 2.70. The standard InChI is InChI=1S/C17H16O2/c1-2-13-10-11-16(17(18)19-13)15-9-5-7-12-6-3-4-8-14(12)15/h2-9,16H,10-11H2,1H3/t16-/m1/s1. The molecule has 1 heterocycles. The average Bonchev–Trinajstić information content (AvgIpc) is 2.46. The van der Waals surface area contributed by atoms with Crippen molar-refractivity contribution in [2.75, 3.05) is 0 Å². The van der Waals surface area contributed by atoms with E-state index in [0.29, 0.717) is 0 Å². The van der Waals surface area contributed by atoms with Gasteiger partial charge >= 0.3 is 5.97 Å². The summed E-state index contributed by atoms with van der Waals surface area (Å²) in [5.74, 6) is 0.520. The molecule has 0 unspecified atom stereocenters. The van der Waals surface area contributed by atoms with Crippen LogP contribution >= 0.6 is 0 Å². The fourth-order valence-corrected chi connectivity index (χ4v) is 2.70. The summed E-state index contributed by atoms with van der Waals surface area (Å²) in [5, 5.41) is 2.32. The van der Waals surface area contributed by atoms with E-state index in [0.717, 1.165) is 29.6 Å². The SMILES string of the molecule is CC=C1CC[C@H](c2cccc3ccccc23)C(=O)O1. The Morgan fingerprint density at radius 1 is 1.16 bits per heavy atom. The van der Waals surface area contributed by atoms with Gasteiger partial charge in [-0.3, -0.25) is 4.79 Å². The van der Waals surface area contributed by atoms with Crippen LogP contribution in [0.3, 0.4) is 0 Å². The molecule has 2 aromatic carbocycles. The number of carbonyl (C=O) groups is 1. The maximum atomic E-state index is 12.1. The zero-order valence-corrected chi connectivity index (χ0v) is 10.9. The molecule has 0 aromatic heterocycles. The van der Waals surface area contributed by atoms with Crippen molar-refractivity contribution in [3.05, 3.63) is 59.9 Å². The highest BCUT2D eigenvalue weighted by molar-refractivity contribution is 5.91. The smallest absolute Gasteiger partial charge is 0.318 e. The van der Waals surface area contributed by atoms with Crippen molar-refractivity contribution in [2.24, 2.45) is 0 Å². The number of hydrogen-bond donors (Lipinski definition) is 0. The molecule has 0 spiro atoms. The average molecular weight is 252 g/mol. The van der Waals surface area contributed by atoms with E-state index in [4.69, 9.17) is 4.74 Å². The van der Waals surface area contributed by atoms with Gasteiger partial charge in [0.2, 0.25) is 0 Å². The molecule has 1 aliphatic rings. The molecular weight excluding hydrogens is 236 g/mol. The van der Waals surface area contributed by atoms with Crippen LogP contribution in [0.25, 0.3) is 10.8 Å². The topological polar surface area (TPSA) is 26.3 Å². The van der Waals surface area contributed by atoms with Crippen LogP contribution in [0.2, 0.25) is 0 Å². The van der Waals surface area contributed by atoms with Crippen LogP contribution in [0.4, 0.5) is 0 Å². The molecule has 3 rings (SSSR count). The van der Waals surface area contributed by atoms with Gasteiger partial charge in [0.25, 0.3) is 0 Å². The largest absolute Gasteiger partial charge is 0.431 e. The number of hydrogen-bond acceptors (Lipinski definition) is 2. The molecule has 1 saturated heterocycles. The maximum absolute atomic E-state index is 12.1. The number of allylic oxidation sites excluding steroid dienone is 2. The van der Waals surface area contributed by atoms with E-state index in [-0.39, 0.29) is 11.9 Å². The fraction of sp³-hybridized carbons (Fsp3) is 0.235. The lowest BCUT2D eigenvalue weighted by Crippen LogP contribution is -2.21. The van der Waals surface area contributed by atoms with Crippen molar-refractivity contribution in [1.82, 2.24) is 0 Å². The number of fused-ring (bicyclic) bond motifs is 1. The number of carbonyl (C=O) groups excluding carboxylic acids is 1. The first-order valence-corrected chi connectivity index (χ1v) is 6.64. The van der Waals surface area contributed by atoms with Gasteiger partial charge in [0.1, 0.15) is 5.76 Å². The van der Waals surface area contributed by atoms with Crippen LogP contribution in [0.15, 0.2) is 54.3 Å². The zero-order chi connectivity index (χ0) is 13.2.